The van der Waals surface area contributed by atoms with Crippen LogP contribution in [0.15, 0.2) is 34.2 Å². The quantitative estimate of drug-likeness (QED) is 0.686. The van der Waals surface area contributed by atoms with E-state index in [1.165, 1.54) is 29.2 Å². The van der Waals surface area contributed by atoms with Gasteiger partial charge in [-0.05, 0) is 6.92 Å². The van der Waals surface area contributed by atoms with Gasteiger partial charge in [-0.3, -0.25) is 14.3 Å². The number of aromatic amines is 1. The fourth-order valence-corrected chi connectivity index (χ4v) is 1.13. The molecule has 1 N–H and O–H groups in total. The monoisotopic (exact) mass is 204 g/mol. The molecule has 15 heavy (non-hydrogen) atoms. The molecular formula is C9H8N4O2. The average molecular weight is 204 g/mol. The number of rotatable bonds is 1. The van der Waals surface area contributed by atoms with Crippen molar-refractivity contribution in [2.24, 2.45) is 0 Å². The Morgan fingerprint density at radius 2 is 1.93 bits per heavy atom. The predicted molar refractivity (Wildman–Crippen MR) is 53.0 cm³/mol. The average Bonchev–Trinajstić information content (AvgIpc) is 2.20. The molecule has 76 valence electrons. The molecule has 6 heteroatoms. The fraction of sp³-hybridized carbons (Fsp3) is 0.111. The van der Waals surface area contributed by atoms with E-state index in [1.54, 1.807) is 6.92 Å². The molecule has 2 rings (SSSR count). The number of hydrogen-bond donors (Lipinski definition) is 1. The summed E-state index contributed by atoms with van der Waals surface area (Å²) in [6.45, 7) is 1.75. The zero-order chi connectivity index (χ0) is 10.8. The minimum Gasteiger partial charge on any atom is -0.274 e. The zero-order valence-electron chi connectivity index (χ0n) is 7.97. The third-order valence-corrected chi connectivity index (χ3v) is 1.87. The van der Waals surface area contributed by atoms with Crippen LogP contribution in [0.1, 0.15) is 5.82 Å². The van der Waals surface area contributed by atoms with Gasteiger partial charge in [0.25, 0.3) is 5.56 Å². The van der Waals surface area contributed by atoms with Gasteiger partial charge in [0.2, 0.25) is 0 Å². The Kier molecular flexibility index (Phi) is 2.17. The largest absolute Gasteiger partial charge is 0.333 e. The first-order valence-electron chi connectivity index (χ1n) is 4.28. The lowest BCUT2D eigenvalue weighted by molar-refractivity contribution is 0.874. The molecular weight excluding hydrogens is 196 g/mol. The number of hydrogen-bond acceptors (Lipinski definition) is 4. The summed E-state index contributed by atoms with van der Waals surface area (Å²) >= 11 is 0. The van der Waals surface area contributed by atoms with Crippen LogP contribution in [0, 0.1) is 6.92 Å². The van der Waals surface area contributed by atoms with E-state index in [1.807, 2.05) is 0 Å². The van der Waals surface area contributed by atoms with Crippen molar-refractivity contribution in [2.45, 2.75) is 6.92 Å². The first-order chi connectivity index (χ1) is 7.16. The summed E-state index contributed by atoms with van der Waals surface area (Å²) in [7, 11) is 0. The molecule has 0 unspecified atom stereocenters. The summed E-state index contributed by atoms with van der Waals surface area (Å²) in [5.41, 5.74) is -0.416. The van der Waals surface area contributed by atoms with Gasteiger partial charge in [-0.2, -0.15) is 0 Å². The van der Waals surface area contributed by atoms with Crippen LogP contribution in [0.4, 0.5) is 0 Å². The van der Waals surface area contributed by atoms with Crippen LogP contribution in [0.3, 0.4) is 0 Å². The molecule has 0 aliphatic carbocycles. The lowest BCUT2D eigenvalue weighted by Gasteiger charge is -2.02. The Labute approximate surface area is 84.3 Å². The smallest absolute Gasteiger partial charge is 0.274 e. The van der Waals surface area contributed by atoms with Crippen molar-refractivity contribution >= 4 is 0 Å². The second kappa shape index (κ2) is 3.49. The van der Waals surface area contributed by atoms with Crippen LogP contribution in [0.25, 0.3) is 5.69 Å². The van der Waals surface area contributed by atoms with Crippen LogP contribution in [-0.4, -0.2) is 19.5 Å². The number of H-pyrrole nitrogens is 1. The van der Waals surface area contributed by atoms with Gasteiger partial charge in [0, 0.05) is 12.3 Å². The zero-order valence-corrected chi connectivity index (χ0v) is 7.97. The van der Waals surface area contributed by atoms with Crippen LogP contribution in [-0.2, 0) is 0 Å². The predicted octanol–water partition coefficient (Wildman–Crippen LogP) is -0.376. The van der Waals surface area contributed by atoms with Crippen LogP contribution in [0.2, 0.25) is 0 Å². The minimum atomic E-state index is -0.505. The molecule has 6 nitrogen and oxygen atoms in total. The Morgan fingerprint density at radius 3 is 2.53 bits per heavy atom. The first-order valence-corrected chi connectivity index (χ1v) is 4.28. The molecule has 0 bridgehead atoms. The van der Waals surface area contributed by atoms with Gasteiger partial charge in [-0.25, -0.2) is 14.8 Å². The lowest BCUT2D eigenvalue weighted by Crippen LogP contribution is -2.27. The Hall–Kier alpha value is -2.24. The maximum Gasteiger partial charge on any atom is 0.333 e. The number of nitrogens with one attached hydrogen (secondary N) is 1. The highest BCUT2D eigenvalue weighted by molar-refractivity contribution is 5.24. The summed E-state index contributed by atoms with van der Waals surface area (Å²) in [6.07, 6.45) is 4.42. The van der Waals surface area contributed by atoms with E-state index >= 15 is 0 Å². The molecule has 0 radical (unpaired) electrons. The molecule has 0 aliphatic rings. The normalized spacial score (nSPS) is 10.2. The van der Waals surface area contributed by atoms with E-state index < -0.39 is 11.2 Å². The van der Waals surface area contributed by atoms with Gasteiger partial charge < -0.3 is 0 Å². The Morgan fingerprint density at radius 1 is 1.27 bits per heavy atom. The summed E-state index contributed by atoms with van der Waals surface area (Å²) in [5.74, 6) is 0.622. The number of nitrogens with zero attached hydrogens (tertiary/aromatic N) is 3. The third kappa shape index (κ3) is 1.83. The van der Waals surface area contributed by atoms with Crippen molar-refractivity contribution in [1.29, 1.82) is 0 Å². The number of aromatic nitrogens is 4. The maximum absolute atomic E-state index is 11.4. The van der Waals surface area contributed by atoms with Crippen LogP contribution >= 0.6 is 0 Å². The number of aryl methyl sites for hydroxylation is 1. The summed E-state index contributed by atoms with van der Waals surface area (Å²) in [6, 6.07) is 1.27. The second-order valence-electron chi connectivity index (χ2n) is 2.97. The van der Waals surface area contributed by atoms with Crippen LogP contribution in [0.5, 0.6) is 0 Å². The molecule has 0 aliphatic heterocycles. The van der Waals surface area contributed by atoms with E-state index in [9.17, 15) is 9.59 Å². The Balaban J connectivity index is 2.59. The molecule has 0 amide bonds. The molecule has 2 aromatic heterocycles. The molecule has 0 saturated heterocycles. The van der Waals surface area contributed by atoms with Crippen molar-refractivity contribution in [1.82, 2.24) is 19.5 Å². The minimum absolute atomic E-state index is 0.427. The van der Waals surface area contributed by atoms with Crippen molar-refractivity contribution in [3.63, 3.8) is 0 Å². The fourth-order valence-electron chi connectivity index (χ4n) is 1.13. The van der Waals surface area contributed by atoms with Gasteiger partial charge in [-0.1, -0.05) is 0 Å². The van der Waals surface area contributed by atoms with Crippen molar-refractivity contribution < 1.29 is 0 Å². The second-order valence-corrected chi connectivity index (χ2v) is 2.97. The van der Waals surface area contributed by atoms with E-state index in [0.29, 0.717) is 11.5 Å². The highest BCUT2D eigenvalue weighted by Crippen LogP contribution is 1.98. The highest BCUT2D eigenvalue weighted by atomic mass is 16.2. The van der Waals surface area contributed by atoms with E-state index in [0.717, 1.165) is 0 Å². The Bertz CT molecular complexity index is 582. The molecule has 0 spiro atoms. The SMILES string of the molecule is Cc1ncc(-n2ccc(=O)[nH]c2=O)cn1. The summed E-state index contributed by atoms with van der Waals surface area (Å²) in [5, 5.41) is 0. The molecule has 2 aromatic rings. The molecule has 2 heterocycles. The van der Waals surface area contributed by atoms with E-state index in [4.69, 9.17) is 0 Å². The van der Waals surface area contributed by atoms with Crippen molar-refractivity contribution in [3.05, 3.63) is 51.3 Å². The summed E-state index contributed by atoms with van der Waals surface area (Å²) < 4.78 is 1.26. The molecule has 0 atom stereocenters. The topological polar surface area (TPSA) is 80.6 Å². The van der Waals surface area contributed by atoms with Crippen molar-refractivity contribution in [3.8, 4) is 5.69 Å². The van der Waals surface area contributed by atoms with E-state index in [2.05, 4.69) is 15.0 Å². The van der Waals surface area contributed by atoms with Gasteiger partial charge >= 0.3 is 5.69 Å². The molecule has 0 fully saturated rings. The third-order valence-electron chi connectivity index (χ3n) is 1.87. The van der Waals surface area contributed by atoms with Crippen LogP contribution < -0.4 is 11.2 Å². The lowest BCUT2D eigenvalue weighted by atomic mass is 10.5. The highest BCUT2D eigenvalue weighted by Gasteiger charge is 2.00. The molecule has 0 aromatic carbocycles. The molecule has 0 saturated carbocycles. The first kappa shape index (κ1) is 9.32. The van der Waals surface area contributed by atoms with Crippen molar-refractivity contribution in [2.75, 3.05) is 0 Å². The van der Waals surface area contributed by atoms with Gasteiger partial charge in [0.15, 0.2) is 0 Å². The van der Waals surface area contributed by atoms with Gasteiger partial charge in [0.1, 0.15) is 5.82 Å². The van der Waals surface area contributed by atoms with E-state index in [-0.39, 0.29) is 0 Å². The summed E-state index contributed by atoms with van der Waals surface area (Å²) in [4.78, 5) is 32.3. The van der Waals surface area contributed by atoms with Gasteiger partial charge in [-0.15, -0.1) is 0 Å². The maximum atomic E-state index is 11.4. The standard InChI is InChI=1S/C9H8N4O2/c1-6-10-4-7(5-11-6)13-3-2-8(14)12-9(13)15/h2-5H,1H3,(H,12,14,15). The van der Waals surface area contributed by atoms with Gasteiger partial charge in [0.05, 0.1) is 18.1 Å².